The van der Waals surface area contributed by atoms with Crippen LogP contribution >= 0.6 is 15.9 Å². The molecule has 0 aliphatic carbocycles. The van der Waals surface area contributed by atoms with E-state index >= 15 is 0 Å². The quantitative estimate of drug-likeness (QED) is 0.643. The van der Waals surface area contributed by atoms with Gasteiger partial charge in [0.05, 0.1) is 22.2 Å². The lowest BCUT2D eigenvalue weighted by Gasteiger charge is -2.10. The molecule has 0 atom stereocenters. The molecule has 0 amide bonds. The van der Waals surface area contributed by atoms with Gasteiger partial charge in [0.2, 0.25) is 11.8 Å². The minimum atomic E-state index is -0.575. The number of nitriles is 1. The van der Waals surface area contributed by atoms with Crippen molar-refractivity contribution < 1.29 is 4.92 Å². The molecule has 106 valence electrons. The average Bonchev–Trinajstić information content (AvgIpc) is 2.39. The summed E-state index contributed by atoms with van der Waals surface area (Å²) in [5.41, 5.74) is 6.42. The van der Waals surface area contributed by atoms with Crippen LogP contribution in [0, 0.1) is 28.4 Å². The number of benzene rings is 1. The van der Waals surface area contributed by atoms with Crippen LogP contribution in [0.3, 0.4) is 0 Å². The number of aromatic nitrogens is 2. The van der Waals surface area contributed by atoms with Crippen molar-refractivity contribution in [2.45, 2.75) is 6.92 Å². The number of hydrogen-bond acceptors (Lipinski definition) is 7. The van der Waals surface area contributed by atoms with Crippen molar-refractivity contribution in [2.24, 2.45) is 0 Å². The number of nitro groups is 1. The van der Waals surface area contributed by atoms with Gasteiger partial charge in [0.15, 0.2) is 0 Å². The highest BCUT2D eigenvalue weighted by Gasteiger charge is 2.22. The zero-order chi connectivity index (χ0) is 15.6. The van der Waals surface area contributed by atoms with Crippen molar-refractivity contribution in [3.8, 4) is 6.07 Å². The van der Waals surface area contributed by atoms with Crippen molar-refractivity contribution in [2.75, 3.05) is 11.1 Å². The van der Waals surface area contributed by atoms with Gasteiger partial charge in [-0.3, -0.25) is 10.1 Å². The summed E-state index contributed by atoms with van der Waals surface area (Å²) >= 11 is 3.29. The zero-order valence-electron chi connectivity index (χ0n) is 10.8. The third-order valence-electron chi connectivity index (χ3n) is 2.61. The second kappa shape index (κ2) is 5.72. The molecule has 9 heteroatoms. The molecule has 2 rings (SSSR count). The second-order valence-electron chi connectivity index (χ2n) is 4.05. The van der Waals surface area contributed by atoms with Gasteiger partial charge in [-0.1, -0.05) is 0 Å². The average molecular weight is 349 g/mol. The Morgan fingerprint density at radius 2 is 2.19 bits per heavy atom. The van der Waals surface area contributed by atoms with Crippen LogP contribution in [-0.4, -0.2) is 14.9 Å². The Labute approximate surface area is 127 Å². The van der Waals surface area contributed by atoms with Gasteiger partial charge < -0.3 is 11.1 Å². The van der Waals surface area contributed by atoms with Crippen LogP contribution in [0.15, 0.2) is 22.7 Å². The number of nitrogen functional groups attached to an aromatic ring is 1. The van der Waals surface area contributed by atoms with E-state index in [-0.39, 0.29) is 23.1 Å². The van der Waals surface area contributed by atoms with Gasteiger partial charge in [0, 0.05) is 4.47 Å². The molecule has 0 saturated heterocycles. The summed E-state index contributed by atoms with van der Waals surface area (Å²) in [6.07, 6.45) is 0. The van der Waals surface area contributed by atoms with Gasteiger partial charge in [-0.15, -0.1) is 0 Å². The lowest BCUT2D eigenvalue weighted by atomic mass is 10.2. The Bertz CT molecular complexity index is 771. The molecule has 0 bridgehead atoms. The number of anilines is 3. The predicted octanol–water partition coefficient (Wildman–Crippen LogP) is 2.65. The van der Waals surface area contributed by atoms with Gasteiger partial charge in [0.1, 0.15) is 5.69 Å². The van der Waals surface area contributed by atoms with Crippen LogP contribution in [0.1, 0.15) is 11.3 Å². The molecular weight excluding hydrogens is 340 g/mol. The van der Waals surface area contributed by atoms with Gasteiger partial charge in [-0.25, -0.2) is 4.98 Å². The van der Waals surface area contributed by atoms with E-state index in [1.165, 1.54) is 6.92 Å². The summed E-state index contributed by atoms with van der Waals surface area (Å²) in [4.78, 5) is 18.2. The van der Waals surface area contributed by atoms with E-state index in [2.05, 4.69) is 31.2 Å². The van der Waals surface area contributed by atoms with E-state index < -0.39 is 4.92 Å². The maximum absolute atomic E-state index is 11.1. The largest absolute Gasteiger partial charge is 0.368 e. The van der Waals surface area contributed by atoms with Crippen LogP contribution < -0.4 is 11.1 Å². The van der Waals surface area contributed by atoms with Gasteiger partial charge in [0.25, 0.3) is 0 Å². The SMILES string of the molecule is Cc1nc(N)nc(Nc2ccc(C#N)cc2Br)c1[N+](=O)[O-]. The molecule has 0 aliphatic heterocycles. The number of nitrogens with two attached hydrogens (primary N) is 1. The monoisotopic (exact) mass is 348 g/mol. The van der Waals surface area contributed by atoms with Gasteiger partial charge in [-0.2, -0.15) is 10.2 Å². The van der Waals surface area contributed by atoms with Crippen LogP contribution in [0.2, 0.25) is 0 Å². The molecule has 0 spiro atoms. The Balaban J connectivity index is 2.49. The topological polar surface area (TPSA) is 131 Å². The third kappa shape index (κ3) is 3.06. The number of nitrogens with one attached hydrogen (secondary N) is 1. The molecule has 0 unspecified atom stereocenters. The standard InChI is InChI=1S/C12H9BrN6O2/c1-6-10(19(20)21)11(18-12(15)16-6)17-9-3-2-7(5-14)4-8(9)13/h2-4H,1H3,(H3,15,16,17,18). The summed E-state index contributed by atoms with van der Waals surface area (Å²) in [7, 11) is 0. The minimum absolute atomic E-state index is 0.00425. The van der Waals surface area contributed by atoms with Crippen molar-refractivity contribution >= 4 is 39.1 Å². The first-order valence-corrected chi connectivity index (χ1v) is 6.47. The highest BCUT2D eigenvalue weighted by molar-refractivity contribution is 9.10. The normalized spacial score (nSPS) is 9.95. The highest BCUT2D eigenvalue weighted by Crippen LogP contribution is 2.32. The number of nitrogens with zero attached hydrogens (tertiary/aromatic N) is 4. The predicted molar refractivity (Wildman–Crippen MR) is 80.0 cm³/mol. The van der Waals surface area contributed by atoms with Crippen molar-refractivity contribution in [1.82, 2.24) is 9.97 Å². The van der Waals surface area contributed by atoms with Crippen molar-refractivity contribution in [1.29, 1.82) is 5.26 Å². The Kier molecular flexibility index (Phi) is 4.00. The summed E-state index contributed by atoms with van der Waals surface area (Å²) in [5.74, 6) is -0.0687. The summed E-state index contributed by atoms with van der Waals surface area (Å²) in [6.45, 7) is 1.48. The van der Waals surface area contributed by atoms with Crippen LogP contribution in [0.5, 0.6) is 0 Å². The summed E-state index contributed by atoms with van der Waals surface area (Å²) in [5, 5.41) is 22.8. The fourth-order valence-electron chi connectivity index (χ4n) is 1.71. The number of halogens is 1. The zero-order valence-corrected chi connectivity index (χ0v) is 12.4. The van der Waals surface area contributed by atoms with E-state index in [9.17, 15) is 10.1 Å². The number of rotatable bonds is 3. The smallest absolute Gasteiger partial charge is 0.332 e. The van der Waals surface area contributed by atoms with Crippen LogP contribution in [-0.2, 0) is 0 Å². The van der Waals surface area contributed by atoms with E-state index in [1.807, 2.05) is 6.07 Å². The van der Waals surface area contributed by atoms with Gasteiger partial charge in [-0.05, 0) is 41.1 Å². The number of hydrogen-bond donors (Lipinski definition) is 2. The minimum Gasteiger partial charge on any atom is -0.368 e. The molecule has 8 nitrogen and oxygen atoms in total. The molecule has 0 fully saturated rings. The summed E-state index contributed by atoms with van der Waals surface area (Å²) < 4.78 is 0.575. The highest BCUT2D eigenvalue weighted by atomic mass is 79.9. The second-order valence-corrected chi connectivity index (χ2v) is 4.91. The lowest BCUT2D eigenvalue weighted by Crippen LogP contribution is -2.07. The lowest BCUT2D eigenvalue weighted by molar-refractivity contribution is -0.385. The third-order valence-corrected chi connectivity index (χ3v) is 3.27. The van der Waals surface area contributed by atoms with Crippen LogP contribution in [0.25, 0.3) is 0 Å². The van der Waals surface area contributed by atoms with Crippen LogP contribution in [0.4, 0.5) is 23.1 Å². The molecule has 1 aromatic carbocycles. The maximum Gasteiger partial charge on any atom is 0.332 e. The first kappa shape index (κ1) is 14.7. The number of aryl methyl sites for hydroxylation is 1. The molecule has 0 radical (unpaired) electrons. The Hall–Kier alpha value is -2.73. The molecule has 0 aliphatic rings. The van der Waals surface area contributed by atoms with E-state index in [0.717, 1.165) is 0 Å². The first-order valence-electron chi connectivity index (χ1n) is 5.67. The fraction of sp³-hybridized carbons (Fsp3) is 0.0833. The Morgan fingerprint density at radius 3 is 2.76 bits per heavy atom. The summed E-state index contributed by atoms with van der Waals surface area (Å²) in [6, 6.07) is 6.77. The molecular formula is C12H9BrN6O2. The molecule has 0 saturated carbocycles. The molecule has 1 heterocycles. The maximum atomic E-state index is 11.1. The van der Waals surface area contributed by atoms with Gasteiger partial charge >= 0.3 is 5.69 Å². The van der Waals surface area contributed by atoms with E-state index in [1.54, 1.807) is 18.2 Å². The Morgan fingerprint density at radius 1 is 1.48 bits per heavy atom. The molecule has 3 N–H and O–H groups in total. The molecule has 1 aromatic heterocycles. The van der Waals surface area contributed by atoms with E-state index in [0.29, 0.717) is 15.7 Å². The van der Waals surface area contributed by atoms with Crippen molar-refractivity contribution in [3.63, 3.8) is 0 Å². The van der Waals surface area contributed by atoms with E-state index in [4.69, 9.17) is 11.0 Å². The molecule has 2 aromatic rings. The molecule has 21 heavy (non-hydrogen) atoms. The fourth-order valence-corrected chi connectivity index (χ4v) is 2.19. The van der Waals surface area contributed by atoms with Crippen molar-refractivity contribution in [3.05, 3.63) is 44.0 Å². The first-order chi connectivity index (χ1) is 9.92.